The normalized spacial score (nSPS) is 10.8. The number of nitrogens with zero attached hydrogens (tertiary/aromatic N) is 2. The van der Waals surface area contributed by atoms with Crippen molar-refractivity contribution in [1.82, 2.24) is 25.9 Å². The van der Waals surface area contributed by atoms with E-state index in [-0.39, 0.29) is 6.54 Å². The van der Waals surface area contributed by atoms with Gasteiger partial charge in [-0.15, -0.1) is 0 Å². The van der Waals surface area contributed by atoms with Crippen molar-refractivity contribution >= 4 is 35.4 Å². The minimum atomic E-state index is -1.00. The van der Waals surface area contributed by atoms with Crippen molar-refractivity contribution in [2.45, 2.75) is 39.8 Å². The number of hydrogen-bond acceptors (Lipinski definition) is 5. The average Bonchev–Trinajstić information content (AvgIpc) is 3.29. The van der Waals surface area contributed by atoms with Crippen molar-refractivity contribution in [3.05, 3.63) is 46.6 Å². The number of carbonyl (C=O) groups is 3. The van der Waals surface area contributed by atoms with Crippen LogP contribution in [0.25, 0.3) is 6.08 Å². The van der Waals surface area contributed by atoms with Crippen LogP contribution in [0.5, 0.6) is 0 Å². The lowest BCUT2D eigenvalue weighted by molar-refractivity contribution is -0.140. The van der Waals surface area contributed by atoms with Crippen molar-refractivity contribution in [1.29, 1.82) is 0 Å². The molecule has 0 radical (unpaired) electrons. The van der Waals surface area contributed by atoms with Gasteiger partial charge < -0.3 is 9.73 Å². The van der Waals surface area contributed by atoms with E-state index in [1.807, 2.05) is 5.43 Å². The van der Waals surface area contributed by atoms with Gasteiger partial charge >= 0.3 is 11.8 Å². The zero-order valence-electron chi connectivity index (χ0n) is 15.6. The maximum absolute atomic E-state index is 11.9. The number of furan rings is 1. The molecule has 0 saturated carbocycles. The number of rotatable bonds is 7. The highest BCUT2D eigenvalue weighted by Crippen LogP contribution is 2.21. The maximum atomic E-state index is 11.9. The zero-order valence-corrected chi connectivity index (χ0v) is 16.4. The number of amides is 3. The summed E-state index contributed by atoms with van der Waals surface area (Å²) in [6.45, 7) is 4.62. The van der Waals surface area contributed by atoms with Gasteiger partial charge in [-0.1, -0.05) is 24.9 Å². The Bertz CT molecular complexity index is 858. The molecule has 9 nitrogen and oxygen atoms in total. The lowest BCUT2D eigenvalue weighted by Gasteiger charge is -2.05. The molecule has 10 heteroatoms. The molecule has 0 aromatic carbocycles. The van der Waals surface area contributed by atoms with Crippen LogP contribution in [-0.4, -0.2) is 27.5 Å². The summed E-state index contributed by atoms with van der Waals surface area (Å²) in [5.74, 6) is -2.03. The van der Waals surface area contributed by atoms with Gasteiger partial charge in [0.15, 0.2) is 0 Å². The van der Waals surface area contributed by atoms with Crippen LogP contribution in [0.15, 0.2) is 28.9 Å². The van der Waals surface area contributed by atoms with E-state index in [2.05, 4.69) is 22.8 Å². The van der Waals surface area contributed by atoms with Gasteiger partial charge in [0, 0.05) is 18.2 Å². The molecule has 2 rings (SSSR count). The highest BCUT2D eigenvalue weighted by molar-refractivity contribution is 6.35. The standard InChI is InChI=1S/C18H22ClN5O4/c1-3-4-9-24-16(19)14(12(2)23-24)7-8-15(25)21-22-18(27)17(26)20-11-13-6-5-10-28-13/h5-8,10H,3-4,9,11H2,1-2H3,(H,20,26)(H,21,25)(H,22,27)/b8-7+. The minimum absolute atomic E-state index is 0.0624. The van der Waals surface area contributed by atoms with Crippen LogP contribution in [-0.2, 0) is 27.5 Å². The number of hydrogen-bond donors (Lipinski definition) is 3. The molecule has 150 valence electrons. The molecule has 0 saturated heterocycles. The summed E-state index contributed by atoms with van der Waals surface area (Å²) in [4.78, 5) is 35.2. The Morgan fingerprint density at radius 1 is 1.29 bits per heavy atom. The Hall–Kier alpha value is -3.07. The fourth-order valence-electron chi connectivity index (χ4n) is 2.25. The summed E-state index contributed by atoms with van der Waals surface area (Å²) in [6.07, 6.45) is 6.11. The highest BCUT2D eigenvalue weighted by atomic mass is 35.5. The summed E-state index contributed by atoms with van der Waals surface area (Å²) in [5, 5.41) is 7.14. The average molecular weight is 408 g/mol. The maximum Gasteiger partial charge on any atom is 0.327 e. The molecule has 0 aliphatic rings. The molecule has 3 N–H and O–H groups in total. The third-order valence-corrected chi connectivity index (χ3v) is 4.14. The topological polar surface area (TPSA) is 118 Å². The molecule has 2 heterocycles. The number of aromatic nitrogens is 2. The van der Waals surface area contributed by atoms with E-state index in [0.29, 0.717) is 28.7 Å². The molecule has 0 spiro atoms. The van der Waals surface area contributed by atoms with Crippen LogP contribution in [0.1, 0.15) is 36.8 Å². The van der Waals surface area contributed by atoms with Crippen LogP contribution in [0, 0.1) is 6.92 Å². The van der Waals surface area contributed by atoms with E-state index in [4.69, 9.17) is 16.0 Å². The number of aryl methyl sites for hydroxylation is 2. The summed E-state index contributed by atoms with van der Waals surface area (Å²) >= 11 is 6.28. The summed E-state index contributed by atoms with van der Waals surface area (Å²) in [7, 11) is 0. The molecule has 2 aromatic heterocycles. The van der Waals surface area contributed by atoms with E-state index in [0.717, 1.165) is 12.8 Å². The predicted molar refractivity (Wildman–Crippen MR) is 103 cm³/mol. The molecule has 28 heavy (non-hydrogen) atoms. The van der Waals surface area contributed by atoms with Gasteiger partial charge in [-0.2, -0.15) is 5.10 Å². The first-order valence-corrected chi connectivity index (χ1v) is 9.11. The van der Waals surface area contributed by atoms with Gasteiger partial charge in [-0.3, -0.25) is 29.9 Å². The molecule has 0 atom stereocenters. The summed E-state index contributed by atoms with van der Waals surface area (Å²) in [6, 6.07) is 3.32. The molecule has 0 aliphatic carbocycles. The summed E-state index contributed by atoms with van der Waals surface area (Å²) < 4.78 is 6.72. The van der Waals surface area contributed by atoms with Crippen LogP contribution >= 0.6 is 11.6 Å². The molecule has 2 aromatic rings. The lowest BCUT2D eigenvalue weighted by Crippen LogP contribution is -2.47. The predicted octanol–water partition coefficient (Wildman–Crippen LogP) is 1.72. The van der Waals surface area contributed by atoms with Crippen LogP contribution < -0.4 is 16.2 Å². The number of carbonyl (C=O) groups excluding carboxylic acids is 3. The Morgan fingerprint density at radius 3 is 2.75 bits per heavy atom. The van der Waals surface area contributed by atoms with Crippen molar-refractivity contribution in [3.8, 4) is 0 Å². The van der Waals surface area contributed by atoms with Gasteiger partial charge in [0.1, 0.15) is 10.9 Å². The summed E-state index contributed by atoms with van der Waals surface area (Å²) in [5.41, 5.74) is 5.46. The first-order chi connectivity index (χ1) is 13.4. The molecule has 0 fully saturated rings. The largest absolute Gasteiger partial charge is 0.467 e. The van der Waals surface area contributed by atoms with Crippen molar-refractivity contribution in [3.63, 3.8) is 0 Å². The first kappa shape index (κ1) is 21.2. The van der Waals surface area contributed by atoms with Crippen molar-refractivity contribution in [2.75, 3.05) is 0 Å². The van der Waals surface area contributed by atoms with Crippen molar-refractivity contribution < 1.29 is 18.8 Å². The second-order valence-electron chi connectivity index (χ2n) is 5.91. The fourth-order valence-corrected chi connectivity index (χ4v) is 2.57. The molecular weight excluding hydrogens is 386 g/mol. The van der Waals surface area contributed by atoms with E-state index in [1.165, 1.54) is 18.4 Å². The lowest BCUT2D eigenvalue weighted by atomic mass is 10.2. The Kier molecular flexibility index (Phi) is 7.82. The van der Waals surface area contributed by atoms with E-state index < -0.39 is 17.7 Å². The Labute approximate surface area is 167 Å². The molecular formula is C18H22ClN5O4. The molecule has 3 amide bonds. The second-order valence-corrected chi connectivity index (χ2v) is 6.26. The smallest absolute Gasteiger partial charge is 0.327 e. The van der Waals surface area contributed by atoms with E-state index in [1.54, 1.807) is 23.7 Å². The first-order valence-electron chi connectivity index (χ1n) is 8.73. The van der Waals surface area contributed by atoms with Crippen LogP contribution in [0.4, 0.5) is 0 Å². The Balaban J connectivity index is 1.82. The molecule has 0 aliphatic heterocycles. The number of hydrazine groups is 1. The quantitative estimate of drug-likeness (QED) is 0.367. The van der Waals surface area contributed by atoms with Crippen molar-refractivity contribution in [2.24, 2.45) is 0 Å². The fraction of sp³-hybridized carbons (Fsp3) is 0.333. The van der Waals surface area contributed by atoms with E-state index >= 15 is 0 Å². The number of nitrogens with one attached hydrogen (secondary N) is 3. The zero-order chi connectivity index (χ0) is 20.5. The number of unbranched alkanes of at least 4 members (excludes halogenated alkanes) is 1. The third-order valence-electron chi connectivity index (χ3n) is 3.74. The van der Waals surface area contributed by atoms with Gasteiger partial charge in [-0.25, -0.2) is 0 Å². The number of halogens is 1. The monoisotopic (exact) mass is 407 g/mol. The second kappa shape index (κ2) is 10.3. The van der Waals surface area contributed by atoms with Gasteiger partial charge in [-0.05, 0) is 31.6 Å². The van der Waals surface area contributed by atoms with Crippen LogP contribution in [0.3, 0.4) is 0 Å². The van der Waals surface area contributed by atoms with E-state index in [9.17, 15) is 14.4 Å². The van der Waals surface area contributed by atoms with Crippen LogP contribution in [0.2, 0.25) is 5.15 Å². The van der Waals surface area contributed by atoms with Gasteiger partial charge in [0.25, 0.3) is 5.91 Å². The Morgan fingerprint density at radius 2 is 2.07 bits per heavy atom. The SMILES string of the molecule is CCCCn1nc(C)c(/C=C/C(=O)NNC(=O)C(=O)NCc2ccco2)c1Cl. The van der Waals surface area contributed by atoms with Gasteiger partial charge in [0.2, 0.25) is 0 Å². The molecule has 0 unspecified atom stereocenters. The minimum Gasteiger partial charge on any atom is -0.467 e. The third kappa shape index (κ3) is 5.98. The molecule has 0 bridgehead atoms. The highest BCUT2D eigenvalue weighted by Gasteiger charge is 2.14. The van der Waals surface area contributed by atoms with Gasteiger partial charge in [0.05, 0.1) is 18.5 Å².